The molecule has 2 amide bonds. The quantitative estimate of drug-likeness (QED) is 0.641. The molecule has 7 nitrogen and oxygen atoms in total. The van der Waals surface area contributed by atoms with E-state index in [1.165, 1.54) is 13.3 Å². The van der Waals surface area contributed by atoms with Crippen molar-refractivity contribution in [1.29, 1.82) is 0 Å². The van der Waals surface area contributed by atoms with E-state index < -0.39 is 0 Å². The Morgan fingerprint density at radius 1 is 1.04 bits per heavy atom. The second-order valence-corrected chi connectivity index (χ2v) is 5.64. The highest BCUT2D eigenvalue weighted by molar-refractivity contribution is 5.93. The first-order valence-electron chi connectivity index (χ1n) is 8.33. The lowest BCUT2D eigenvalue weighted by Gasteiger charge is -2.08. The molecule has 2 rings (SSSR count). The second kappa shape index (κ2) is 9.36. The molecule has 0 aliphatic rings. The molecule has 1 aromatic carbocycles. The van der Waals surface area contributed by atoms with E-state index in [0.717, 1.165) is 24.9 Å². The van der Waals surface area contributed by atoms with Crippen LogP contribution in [0, 0.1) is 0 Å². The highest BCUT2D eigenvalue weighted by Gasteiger charge is 2.08. The molecule has 1 heterocycles. The van der Waals surface area contributed by atoms with Crippen LogP contribution in [0.15, 0.2) is 36.7 Å². The van der Waals surface area contributed by atoms with Crippen molar-refractivity contribution in [1.82, 2.24) is 15.3 Å². The number of benzene rings is 1. The predicted octanol–water partition coefficient (Wildman–Crippen LogP) is 3.10. The number of rotatable bonds is 8. The van der Waals surface area contributed by atoms with Crippen molar-refractivity contribution in [3.63, 3.8) is 0 Å². The first kappa shape index (κ1) is 18.4. The number of unbranched alkanes of at least 4 members (excludes halogenated alkanes) is 2. The van der Waals surface area contributed by atoms with Crippen LogP contribution < -0.4 is 16.0 Å². The van der Waals surface area contributed by atoms with Crippen LogP contribution in [0.4, 0.5) is 17.2 Å². The summed E-state index contributed by atoms with van der Waals surface area (Å²) in [5.74, 6) is 0.203. The summed E-state index contributed by atoms with van der Waals surface area (Å²) in [5.41, 5.74) is 1.83. The predicted molar refractivity (Wildman–Crippen MR) is 97.9 cm³/mol. The van der Waals surface area contributed by atoms with Crippen LogP contribution in [-0.4, -0.2) is 28.3 Å². The van der Waals surface area contributed by atoms with Gasteiger partial charge in [-0.3, -0.25) is 9.59 Å². The van der Waals surface area contributed by atoms with Gasteiger partial charge in [0.25, 0.3) is 5.91 Å². The topological polar surface area (TPSA) is 96.0 Å². The number of nitrogens with zero attached hydrogens (tertiary/aromatic N) is 2. The Labute approximate surface area is 147 Å². The van der Waals surface area contributed by atoms with Crippen molar-refractivity contribution in [3.05, 3.63) is 42.4 Å². The van der Waals surface area contributed by atoms with Crippen molar-refractivity contribution in [3.8, 4) is 0 Å². The number of aromatic nitrogens is 2. The molecule has 3 N–H and O–H groups in total. The van der Waals surface area contributed by atoms with Gasteiger partial charge in [0.2, 0.25) is 5.91 Å². The zero-order valence-electron chi connectivity index (χ0n) is 14.5. The fourth-order valence-electron chi connectivity index (χ4n) is 2.21. The molecule has 0 unspecified atom stereocenters. The average Bonchev–Trinajstić information content (AvgIpc) is 2.60. The Morgan fingerprint density at radius 3 is 2.44 bits per heavy atom. The van der Waals surface area contributed by atoms with E-state index in [9.17, 15) is 9.59 Å². The number of hydrogen-bond acceptors (Lipinski definition) is 5. The summed E-state index contributed by atoms with van der Waals surface area (Å²) in [6, 6.07) is 8.81. The number of hydrogen-bond donors (Lipinski definition) is 3. The van der Waals surface area contributed by atoms with Gasteiger partial charge in [-0.05, 0) is 30.7 Å². The summed E-state index contributed by atoms with van der Waals surface area (Å²) in [4.78, 5) is 31.3. The molecule has 0 aliphatic heterocycles. The van der Waals surface area contributed by atoms with Crippen LogP contribution in [0.1, 0.15) is 43.6 Å². The summed E-state index contributed by atoms with van der Waals surface area (Å²) < 4.78 is 0. The normalized spacial score (nSPS) is 10.2. The zero-order chi connectivity index (χ0) is 18.1. The van der Waals surface area contributed by atoms with Crippen molar-refractivity contribution < 1.29 is 9.59 Å². The Hall–Kier alpha value is -2.96. The van der Waals surface area contributed by atoms with Crippen molar-refractivity contribution >= 4 is 29.0 Å². The average molecular weight is 341 g/mol. The van der Waals surface area contributed by atoms with Crippen LogP contribution in [0.25, 0.3) is 0 Å². The highest BCUT2D eigenvalue weighted by Crippen LogP contribution is 2.17. The maximum Gasteiger partial charge on any atom is 0.270 e. The summed E-state index contributed by atoms with van der Waals surface area (Å²) >= 11 is 0. The largest absolute Gasteiger partial charge is 0.351 e. The van der Waals surface area contributed by atoms with Gasteiger partial charge >= 0.3 is 0 Å². The summed E-state index contributed by atoms with van der Waals surface area (Å²) in [6.45, 7) is 4.22. The molecular formula is C18H23N5O2. The lowest BCUT2D eigenvalue weighted by Crippen LogP contribution is -2.25. The Kier molecular flexibility index (Phi) is 6.88. The molecule has 25 heavy (non-hydrogen) atoms. The van der Waals surface area contributed by atoms with Gasteiger partial charge in [-0.1, -0.05) is 19.8 Å². The molecule has 1 aromatic heterocycles. The van der Waals surface area contributed by atoms with Gasteiger partial charge in [-0.2, -0.15) is 0 Å². The number of carbonyl (C=O) groups is 2. The van der Waals surface area contributed by atoms with E-state index in [2.05, 4.69) is 32.8 Å². The maximum atomic E-state index is 12.1. The van der Waals surface area contributed by atoms with Crippen LogP contribution in [0.3, 0.4) is 0 Å². The molecule has 7 heteroatoms. The van der Waals surface area contributed by atoms with Crippen molar-refractivity contribution in [2.24, 2.45) is 0 Å². The SMILES string of the molecule is CCCCCNC(=O)c1cc(Nc2ccc(NC(C)=O)cc2)ncn1. The van der Waals surface area contributed by atoms with E-state index >= 15 is 0 Å². The van der Waals surface area contributed by atoms with Gasteiger partial charge in [0.05, 0.1) is 0 Å². The third kappa shape index (κ3) is 6.21. The van der Waals surface area contributed by atoms with Crippen LogP contribution in [0.5, 0.6) is 0 Å². The molecule has 132 valence electrons. The monoisotopic (exact) mass is 341 g/mol. The van der Waals surface area contributed by atoms with E-state index in [1.807, 2.05) is 12.1 Å². The van der Waals surface area contributed by atoms with Crippen LogP contribution in [-0.2, 0) is 4.79 Å². The van der Waals surface area contributed by atoms with E-state index in [1.54, 1.807) is 18.2 Å². The fraction of sp³-hybridized carbons (Fsp3) is 0.333. The van der Waals surface area contributed by atoms with E-state index in [-0.39, 0.29) is 11.8 Å². The summed E-state index contributed by atoms with van der Waals surface area (Å²) in [7, 11) is 0. The Balaban J connectivity index is 1.96. The standard InChI is InChI=1S/C18H23N5O2/c1-3-4-5-10-19-18(25)16-11-17(21-12-20-16)23-15-8-6-14(7-9-15)22-13(2)24/h6-9,11-12H,3-5,10H2,1-2H3,(H,19,25)(H,22,24)(H,20,21,23). The third-order valence-corrected chi connectivity index (χ3v) is 3.44. The highest BCUT2D eigenvalue weighted by atomic mass is 16.2. The number of nitrogens with one attached hydrogen (secondary N) is 3. The van der Waals surface area contributed by atoms with Gasteiger partial charge < -0.3 is 16.0 Å². The van der Waals surface area contributed by atoms with Crippen molar-refractivity contribution in [2.75, 3.05) is 17.2 Å². The van der Waals surface area contributed by atoms with E-state index in [4.69, 9.17) is 0 Å². The minimum atomic E-state index is -0.206. The minimum absolute atomic E-state index is 0.119. The van der Waals surface area contributed by atoms with Gasteiger partial charge in [0.15, 0.2) is 0 Å². The molecule has 0 fully saturated rings. The smallest absolute Gasteiger partial charge is 0.270 e. The first-order valence-corrected chi connectivity index (χ1v) is 8.33. The number of carbonyl (C=O) groups excluding carboxylic acids is 2. The summed E-state index contributed by atoms with van der Waals surface area (Å²) in [5, 5.41) is 8.67. The van der Waals surface area contributed by atoms with E-state index in [0.29, 0.717) is 23.7 Å². The Bertz CT molecular complexity index is 716. The number of anilines is 3. The fourth-order valence-corrected chi connectivity index (χ4v) is 2.21. The lowest BCUT2D eigenvalue weighted by molar-refractivity contribution is -0.114. The molecule has 2 aromatic rings. The first-order chi connectivity index (χ1) is 12.1. The van der Waals surface area contributed by atoms with Crippen LogP contribution in [0.2, 0.25) is 0 Å². The third-order valence-electron chi connectivity index (χ3n) is 3.44. The molecule has 0 bridgehead atoms. The summed E-state index contributed by atoms with van der Waals surface area (Å²) in [6.07, 6.45) is 4.51. The molecular weight excluding hydrogens is 318 g/mol. The van der Waals surface area contributed by atoms with Gasteiger partial charge in [0, 0.05) is 30.9 Å². The molecule has 0 saturated heterocycles. The zero-order valence-corrected chi connectivity index (χ0v) is 14.5. The molecule has 0 radical (unpaired) electrons. The van der Waals surface area contributed by atoms with Crippen molar-refractivity contribution in [2.45, 2.75) is 33.1 Å². The molecule has 0 saturated carbocycles. The van der Waals surface area contributed by atoms with Gasteiger partial charge in [-0.15, -0.1) is 0 Å². The number of amides is 2. The van der Waals surface area contributed by atoms with Gasteiger partial charge in [-0.25, -0.2) is 9.97 Å². The second-order valence-electron chi connectivity index (χ2n) is 5.64. The van der Waals surface area contributed by atoms with Gasteiger partial charge in [0.1, 0.15) is 17.8 Å². The molecule has 0 spiro atoms. The lowest BCUT2D eigenvalue weighted by atomic mass is 10.2. The molecule has 0 aliphatic carbocycles. The maximum absolute atomic E-state index is 12.1. The minimum Gasteiger partial charge on any atom is -0.351 e. The molecule has 0 atom stereocenters. The Morgan fingerprint density at radius 2 is 1.76 bits per heavy atom. The van der Waals surface area contributed by atoms with Crippen LogP contribution >= 0.6 is 0 Å².